The second kappa shape index (κ2) is 6.27. The lowest BCUT2D eigenvalue weighted by Gasteiger charge is -2.28. The van der Waals surface area contributed by atoms with Crippen LogP contribution < -0.4 is 16.4 Å². The average Bonchev–Trinajstić information content (AvgIpc) is 2.26. The SMILES string of the molecule is CC(CC(=O)O)NC(=O)NC(C)(C)c1ccc(N)cc1. The lowest BCUT2D eigenvalue weighted by molar-refractivity contribution is -0.137. The molecule has 0 fully saturated rings. The molecule has 0 aromatic heterocycles. The number of urea groups is 1. The van der Waals surface area contributed by atoms with E-state index in [0.29, 0.717) is 5.69 Å². The summed E-state index contributed by atoms with van der Waals surface area (Å²) in [5.41, 5.74) is 6.61. The van der Waals surface area contributed by atoms with Gasteiger partial charge in [-0.1, -0.05) is 12.1 Å². The predicted molar refractivity (Wildman–Crippen MR) is 77.3 cm³/mol. The average molecular weight is 279 g/mol. The third kappa shape index (κ3) is 4.79. The van der Waals surface area contributed by atoms with Gasteiger partial charge in [0.25, 0.3) is 0 Å². The summed E-state index contributed by atoms with van der Waals surface area (Å²) < 4.78 is 0. The summed E-state index contributed by atoms with van der Waals surface area (Å²) in [7, 11) is 0. The predicted octanol–water partition coefficient (Wildman–Crippen LogP) is 1.67. The van der Waals surface area contributed by atoms with Crippen molar-refractivity contribution < 1.29 is 14.7 Å². The molecular weight excluding hydrogens is 258 g/mol. The topological polar surface area (TPSA) is 104 Å². The fraction of sp³-hybridized carbons (Fsp3) is 0.429. The van der Waals surface area contributed by atoms with E-state index in [0.717, 1.165) is 5.56 Å². The highest BCUT2D eigenvalue weighted by Crippen LogP contribution is 2.20. The van der Waals surface area contributed by atoms with Crippen molar-refractivity contribution in [2.45, 2.75) is 38.8 Å². The van der Waals surface area contributed by atoms with Crippen LogP contribution in [0.15, 0.2) is 24.3 Å². The summed E-state index contributed by atoms with van der Waals surface area (Å²) in [4.78, 5) is 22.4. The Bertz CT molecular complexity index is 483. The van der Waals surface area contributed by atoms with Crippen LogP contribution in [0.25, 0.3) is 0 Å². The third-order valence-electron chi connectivity index (χ3n) is 2.92. The molecule has 1 aromatic rings. The van der Waals surface area contributed by atoms with E-state index in [1.807, 2.05) is 26.0 Å². The zero-order chi connectivity index (χ0) is 15.3. The van der Waals surface area contributed by atoms with Gasteiger partial charge < -0.3 is 21.5 Å². The van der Waals surface area contributed by atoms with E-state index in [1.54, 1.807) is 19.1 Å². The van der Waals surface area contributed by atoms with Gasteiger partial charge in [-0.25, -0.2) is 4.79 Å². The van der Waals surface area contributed by atoms with E-state index >= 15 is 0 Å². The summed E-state index contributed by atoms with van der Waals surface area (Å²) in [5, 5.41) is 14.1. The summed E-state index contributed by atoms with van der Waals surface area (Å²) >= 11 is 0. The molecule has 0 radical (unpaired) electrons. The van der Waals surface area contributed by atoms with Crippen molar-refractivity contribution in [2.75, 3.05) is 5.73 Å². The van der Waals surface area contributed by atoms with E-state index in [4.69, 9.17) is 10.8 Å². The molecule has 0 aliphatic carbocycles. The largest absolute Gasteiger partial charge is 0.481 e. The molecule has 2 amide bonds. The Kier molecular flexibility index (Phi) is 4.96. The van der Waals surface area contributed by atoms with Gasteiger partial charge in [0.15, 0.2) is 0 Å². The number of amides is 2. The number of hydrogen-bond acceptors (Lipinski definition) is 3. The molecule has 6 nitrogen and oxygen atoms in total. The number of nitrogens with one attached hydrogen (secondary N) is 2. The summed E-state index contributed by atoms with van der Waals surface area (Å²) in [6.45, 7) is 5.36. The second-order valence-corrected chi connectivity index (χ2v) is 5.34. The Labute approximate surface area is 118 Å². The van der Waals surface area contributed by atoms with Gasteiger partial charge in [-0.05, 0) is 38.5 Å². The van der Waals surface area contributed by atoms with Crippen LogP contribution in [0.4, 0.5) is 10.5 Å². The van der Waals surface area contributed by atoms with Crippen molar-refractivity contribution in [3.05, 3.63) is 29.8 Å². The van der Waals surface area contributed by atoms with Gasteiger partial charge >= 0.3 is 12.0 Å². The monoisotopic (exact) mass is 279 g/mol. The van der Waals surface area contributed by atoms with Gasteiger partial charge in [0.2, 0.25) is 0 Å². The maximum Gasteiger partial charge on any atom is 0.315 e. The minimum absolute atomic E-state index is 0.115. The highest BCUT2D eigenvalue weighted by Gasteiger charge is 2.23. The number of rotatable bonds is 5. The lowest BCUT2D eigenvalue weighted by Crippen LogP contribution is -2.49. The molecule has 1 rings (SSSR count). The van der Waals surface area contributed by atoms with Crippen LogP contribution in [-0.4, -0.2) is 23.1 Å². The maximum absolute atomic E-state index is 11.9. The fourth-order valence-electron chi connectivity index (χ4n) is 1.83. The number of benzene rings is 1. The molecule has 0 saturated heterocycles. The number of carbonyl (C=O) groups excluding carboxylic acids is 1. The van der Waals surface area contributed by atoms with Crippen LogP contribution in [0.5, 0.6) is 0 Å². The Morgan fingerprint density at radius 3 is 2.35 bits per heavy atom. The molecule has 0 aliphatic rings. The van der Waals surface area contributed by atoms with Crippen molar-refractivity contribution >= 4 is 17.7 Å². The normalized spacial score (nSPS) is 12.6. The molecule has 110 valence electrons. The number of nitrogen functional groups attached to an aromatic ring is 1. The molecule has 5 N–H and O–H groups in total. The Morgan fingerprint density at radius 2 is 1.85 bits per heavy atom. The Hall–Kier alpha value is -2.24. The Morgan fingerprint density at radius 1 is 1.30 bits per heavy atom. The maximum atomic E-state index is 11.9. The van der Waals surface area contributed by atoms with Crippen molar-refractivity contribution in [3.8, 4) is 0 Å². The molecule has 20 heavy (non-hydrogen) atoms. The molecule has 0 saturated carbocycles. The number of aliphatic carboxylic acids is 1. The van der Waals surface area contributed by atoms with Gasteiger partial charge in [0, 0.05) is 11.7 Å². The first kappa shape index (κ1) is 15.8. The quantitative estimate of drug-likeness (QED) is 0.615. The van der Waals surface area contributed by atoms with E-state index in [-0.39, 0.29) is 6.42 Å². The highest BCUT2D eigenvalue weighted by atomic mass is 16.4. The minimum atomic E-state index is -0.949. The van der Waals surface area contributed by atoms with Crippen molar-refractivity contribution in [2.24, 2.45) is 0 Å². The van der Waals surface area contributed by atoms with Gasteiger partial charge in [0.1, 0.15) is 0 Å². The van der Waals surface area contributed by atoms with Crippen LogP contribution >= 0.6 is 0 Å². The second-order valence-electron chi connectivity index (χ2n) is 5.34. The van der Waals surface area contributed by atoms with Crippen molar-refractivity contribution in [1.82, 2.24) is 10.6 Å². The first-order chi connectivity index (χ1) is 9.20. The van der Waals surface area contributed by atoms with Crippen molar-refractivity contribution in [3.63, 3.8) is 0 Å². The van der Waals surface area contributed by atoms with Crippen LogP contribution in [0, 0.1) is 0 Å². The van der Waals surface area contributed by atoms with Gasteiger partial charge in [-0.15, -0.1) is 0 Å². The molecule has 1 atom stereocenters. The Balaban J connectivity index is 2.63. The van der Waals surface area contributed by atoms with Crippen LogP contribution in [0.2, 0.25) is 0 Å². The number of anilines is 1. The molecule has 0 spiro atoms. The van der Waals surface area contributed by atoms with Crippen LogP contribution in [-0.2, 0) is 10.3 Å². The molecular formula is C14H21N3O3. The van der Waals surface area contributed by atoms with Crippen LogP contribution in [0.3, 0.4) is 0 Å². The highest BCUT2D eigenvalue weighted by molar-refractivity contribution is 5.76. The van der Waals surface area contributed by atoms with Gasteiger partial charge in [-0.2, -0.15) is 0 Å². The first-order valence-corrected chi connectivity index (χ1v) is 6.37. The zero-order valence-electron chi connectivity index (χ0n) is 11.9. The van der Waals surface area contributed by atoms with Crippen molar-refractivity contribution in [1.29, 1.82) is 0 Å². The van der Waals surface area contributed by atoms with E-state index in [1.165, 1.54) is 0 Å². The van der Waals surface area contributed by atoms with Gasteiger partial charge in [0.05, 0.1) is 12.0 Å². The molecule has 1 aromatic carbocycles. The summed E-state index contributed by atoms with van der Waals surface area (Å²) in [6.07, 6.45) is -0.115. The fourth-order valence-corrected chi connectivity index (χ4v) is 1.83. The van der Waals surface area contributed by atoms with E-state index in [9.17, 15) is 9.59 Å². The standard InChI is InChI=1S/C14H21N3O3/c1-9(8-12(18)19)16-13(20)17-14(2,3)10-4-6-11(15)7-5-10/h4-7,9H,8,15H2,1-3H3,(H,18,19)(H2,16,17,20). The van der Waals surface area contributed by atoms with E-state index in [2.05, 4.69) is 10.6 Å². The first-order valence-electron chi connectivity index (χ1n) is 6.37. The summed E-state index contributed by atoms with van der Waals surface area (Å²) in [5.74, 6) is -0.949. The third-order valence-corrected chi connectivity index (χ3v) is 2.92. The number of carboxylic acids is 1. The molecule has 0 bridgehead atoms. The number of carbonyl (C=O) groups is 2. The summed E-state index contributed by atoms with van der Waals surface area (Å²) in [6, 6.07) is 6.38. The molecule has 6 heteroatoms. The van der Waals surface area contributed by atoms with Crippen LogP contribution in [0.1, 0.15) is 32.8 Å². The number of carboxylic acid groups (broad SMARTS) is 1. The smallest absolute Gasteiger partial charge is 0.315 e. The minimum Gasteiger partial charge on any atom is -0.481 e. The molecule has 0 heterocycles. The lowest BCUT2D eigenvalue weighted by atomic mass is 9.94. The number of hydrogen-bond donors (Lipinski definition) is 4. The van der Waals surface area contributed by atoms with E-state index < -0.39 is 23.6 Å². The number of nitrogens with two attached hydrogens (primary N) is 1. The molecule has 1 unspecified atom stereocenters. The van der Waals surface area contributed by atoms with Gasteiger partial charge in [-0.3, -0.25) is 4.79 Å². The zero-order valence-corrected chi connectivity index (χ0v) is 11.9. The molecule has 0 aliphatic heterocycles.